The van der Waals surface area contributed by atoms with Gasteiger partial charge < -0.3 is 29.5 Å². The van der Waals surface area contributed by atoms with E-state index in [-0.39, 0.29) is 18.0 Å². The molecule has 0 atom stereocenters. The molecule has 0 unspecified atom stereocenters. The van der Waals surface area contributed by atoms with Gasteiger partial charge in [0.2, 0.25) is 0 Å². The summed E-state index contributed by atoms with van der Waals surface area (Å²) in [6, 6.07) is 14.3. The Morgan fingerprint density at radius 1 is 1.09 bits per heavy atom. The summed E-state index contributed by atoms with van der Waals surface area (Å²) in [5.74, 6) is 1.66. The number of aromatic nitrogens is 1. The summed E-state index contributed by atoms with van der Waals surface area (Å²) in [6.07, 6.45) is 1.37. The molecule has 0 aliphatic carbocycles. The van der Waals surface area contributed by atoms with Crippen molar-refractivity contribution in [3.8, 4) is 11.5 Å². The number of para-hydroxylation sites is 1. The van der Waals surface area contributed by atoms with Gasteiger partial charge in [-0.05, 0) is 57.0 Å². The predicted molar refractivity (Wildman–Crippen MR) is 131 cm³/mol. The average Bonchev–Trinajstić information content (AvgIpc) is 3.20. The number of benzene rings is 2. The highest BCUT2D eigenvalue weighted by atomic mass is 16.5. The number of ether oxygens (including phenoxy) is 2. The number of carbonyl (C=O) groups is 2. The minimum atomic E-state index is -0.238. The molecule has 3 aromatic rings. The number of urea groups is 1. The highest BCUT2D eigenvalue weighted by molar-refractivity contribution is 5.95. The number of rotatable bonds is 7. The Morgan fingerprint density at radius 2 is 1.83 bits per heavy atom. The molecule has 2 heterocycles. The first-order valence-electron chi connectivity index (χ1n) is 11.6. The number of nitrogens with one attached hydrogen (secondary N) is 2. The molecule has 2 aromatic carbocycles. The van der Waals surface area contributed by atoms with E-state index in [0.717, 1.165) is 16.9 Å². The second-order valence-corrected chi connectivity index (χ2v) is 8.49. The van der Waals surface area contributed by atoms with Crippen molar-refractivity contribution in [1.29, 1.82) is 0 Å². The number of aryl methyl sites for hydroxylation is 2. The highest BCUT2D eigenvalue weighted by Crippen LogP contribution is 2.30. The van der Waals surface area contributed by atoms with Gasteiger partial charge in [-0.25, -0.2) is 4.79 Å². The molecule has 1 saturated heterocycles. The molecular formula is C26H30N4O5. The Kier molecular flexibility index (Phi) is 7.54. The van der Waals surface area contributed by atoms with E-state index in [1.54, 1.807) is 30.2 Å². The number of carbonyl (C=O) groups excluding carboxylic acids is 2. The summed E-state index contributed by atoms with van der Waals surface area (Å²) in [6.45, 7) is 5.11. The summed E-state index contributed by atoms with van der Waals surface area (Å²) in [5.41, 5.74) is 2.94. The number of piperidine rings is 1. The third-order valence-corrected chi connectivity index (χ3v) is 6.11. The lowest BCUT2D eigenvalue weighted by Gasteiger charge is -2.32. The van der Waals surface area contributed by atoms with Crippen LogP contribution in [0.2, 0.25) is 0 Å². The van der Waals surface area contributed by atoms with Crippen LogP contribution in [0.15, 0.2) is 53.1 Å². The summed E-state index contributed by atoms with van der Waals surface area (Å²) < 4.78 is 16.6. The quantitative estimate of drug-likeness (QED) is 0.524. The molecular weight excluding hydrogens is 448 g/mol. The smallest absolute Gasteiger partial charge is 0.319 e. The van der Waals surface area contributed by atoms with Crippen molar-refractivity contribution < 1.29 is 23.6 Å². The van der Waals surface area contributed by atoms with Crippen LogP contribution in [0, 0.1) is 13.8 Å². The maximum absolute atomic E-state index is 13.1. The lowest BCUT2D eigenvalue weighted by atomic mass is 10.0. The van der Waals surface area contributed by atoms with Gasteiger partial charge in [0.05, 0.1) is 18.4 Å². The summed E-state index contributed by atoms with van der Waals surface area (Å²) in [4.78, 5) is 27.1. The second-order valence-electron chi connectivity index (χ2n) is 8.49. The highest BCUT2D eigenvalue weighted by Gasteiger charge is 2.25. The number of hydrogen-bond acceptors (Lipinski definition) is 6. The van der Waals surface area contributed by atoms with Crippen LogP contribution < -0.4 is 20.1 Å². The number of methoxy groups -OCH3 is 1. The fraction of sp³-hybridized carbons (Fsp3) is 0.346. The van der Waals surface area contributed by atoms with Crippen molar-refractivity contribution in [2.24, 2.45) is 0 Å². The zero-order valence-corrected chi connectivity index (χ0v) is 20.2. The molecule has 0 bridgehead atoms. The summed E-state index contributed by atoms with van der Waals surface area (Å²) in [5, 5.41) is 9.75. The predicted octanol–water partition coefficient (Wildman–Crippen LogP) is 4.31. The van der Waals surface area contributed by atoms with Crippen molar-refractivity contribution in [1.82, 2.24) is 15.4 Å². The van der Waals surface area contributed by atoms with Gasteiger partial charge in [0.15, 0.2) is 11.5 Å². The second kappa shape index (κ2) is 10.9. The van der Waals surface area contributed by atoms with Crippen LogP contribution in [0.5, 0.6) is 11.5 Å². The Balaban J connectivity index is 1.31. The Morgan fingerprint density at radius 3 is 2.49 bits per heavy atom. The van der Waals surface area contributed by atoms with Gasteiger partial charge in [-0.2, -0.15) is 0 Å². The van der Waals surface area contributed by atoms with Crippen LogP contribution >= 0.6 is 0 Å². The van der Waals surface area contributed by atoms with E-state index >= 15 is 0 Å². The van der Waals surface area contributed by atoms with Gasteiger partial charge >= 0.3 is 6.03 Å². The normalized spacial score (nSPS) is 13.9. The number of anilines is 1. The zero-order chi connectivity index (χ0) is 24.8. The first-order chi connectivity index (χ1) is 16.9. The maximum Gasteiger partial charge on any atom is 0.319 e. The van der Waals surface area contributed by atoms with Crippen LogP contribution in [-0.4, -0.2) is 48.2 Å². The van der Waals surface area contributed by atoms with Crippen LogP contribution in [0.25, 0.3) is 0 Å². The van der Waals surface area contributed by atoms with E-state index in [1.807, 2.05) is 44.2 Å². The molecule has 0 radical (unpaired) electrons. The number of nitrogens with zero attached hydrogens (tertiary/aromatic N) is 2. The monoisotopic (exact) mass is 478 g/mol. The van der Waals surface area contributed by atoms with E-state index < -0.39 is 0 Å². The lowest BCUT2D eigenvalue weighted by Crippen LogP contribution is -2.47. The van der Waals surface area contributed by atoms with Gasteiger partial charge in [-0.1, -0.05) is 23.4 Å². The molecule has 2 N–H and O–H groups in total. The summed E-state index contributed by atoms with van der Waals surface area (Å²) in [7, 11) is 1.55. The first kappa shape index (κ1) is 24.1. The molecule has 0 saturated carbocycles. The Labute approximate surface area is 204 Å². The molecule has 3 amide bonds. The lowest BCUT2D eigenvalue weighted by molar-refractivity contribution is 0.0708. The molecule has 4 rings (SSSR count). The van der Waals surface area contributed by atoms with E-state index in [4.69, 9.17) is 14.0 Å². The van der Waals surface area contributed by atoms with Crippen molar-refractivity contribution in [2.45, 2.75) is 39.3 Å². The molecule has 1 aliphatic rings. The van der Waals surface area contributed by atoms with Crippen molar-refractivity contribution in [2.75, 3.05) is 25.5 Å². The van der Waals surface area contributed by atoms with Crippen molar-refractivity contribution in [3.63, 3.8) is 0 Å². The Bertz CT molecular complexity index is 1150. The van der Waals surface area contributed by atoms with Crippen LogP contribution in [0.3, 0.4) is 0 Å². The third-order valence-electron chi connectivity index (χ3n) is 6.11. The molecule has 0 spiro atoms. The van der Waals surface area contributed by atoms with Crippen LogP contribution in [0.1, 0.15) is 40.2 Å². The number of amides is 3. The standard InChI is InChI=1S/C26H30N4O5/c1-17-22(18(2)35-29-17)16-34-23-10-9-19(15-24(23)33-3)25(31)30-13-11-21(12-14-30)28-26(32)27-20-7-5-4-6-8-20/h4-10,15,21H,11-14,16H2,1-3H3,(H2,27,28,32). The molecule has 9 heteroatoms. The first-order valence-corrected chi connectivity index (χ1v) is 11.6. The third kappa shape index (κ3) is 5.92. The van der Waals surface area contributed by atoms with E-state index in [2.05, 4.69) is 15.8 Å². The van der Waals surface area contributed by atoms with E-state index in [9.17, 15) is 9.59 Å². The molecule has 184 valence electrons. The number of likely N-dealkylation sites (tertiary alicyclic amines) is 1. The van der Waals surface area contributed by atoms with Gasteiger partial charge in [0.25, 0.3) is 5.91 Å². The van der Waals surface area contributed by atoms with Crippen molar-refractivity contribution >= 4 is 17.6 Å². The van der Waals surface area contributed by atoms with Gasteiger partial charge in [0.1, 0.15) is 12.4 Å². The molecule has 1 aromatic heterocycles. The fourth-order valence-corrected chi connectivity index (χ4v) is 4.06. The number of hydrogen-bond donors (Lipinski definition) is 2. The minimum absolute atomic E-state index is 0.0115. The summed E-state index contributed by atoms with van der Waals surface area (Å²) >= 11 is 0. The van der Waals surface area contributed by atoms with Crippen LogP contribution in [-0.2, 0) is 6.61 Å². The Hall–Kier alpha value is -4.01. The van der Waals surface area contributed by atoms with E-state index in [1.165, 1.54) is 0 Å². The van der Waals surface area contributed by atoms with Crippen molar-refractivity contribution in [3.05, 3.63) is 71.1 Å². The average molecular weight is 479 g/mol. The zero-order valence-electron chi connectivity index (χ0n) is 20.2. The maximum atomic E-state index is 13.1. The molecule has 9 nitrogen and oxygen atoms in total. The SMILES string of the molecule is COc1cc(C(=O)N2CCC(NC(=O)Nc3ccccc3)CC2)ccc1OCc1c(C)noc1C. The molecule has 35 heavy (non-hydrogen) atoms. The molecule has 1 fully saturated rings. The van der Waals surface area contributed by atoms with Gasteiger partial charge in [-0.3, -0.25) is 4.79 Å². The van der Waals surface area contributed by atoms with Gasteiger partial charge in [0, 0.05) is 30.4 Å². The van der Waals surface area contributed by atoms with E-state index in [0.29, 0.717) is 55.4 Å². The fourth-order valence-electron chi connectivity index (χ4n) is 4.06. The largest absolute Gasteiger partial charge is 0.493 e. The van der Waals surface area contributed by atoms with Crippen LogP contribution in [0.4, 0.5) is 10.5 Å². The minimum Gasteiger partial charge on any atom is -0.493 e. The van der Waals surface area contributed by atoms with Gasteiger partial charge in [-0.15, -0.1) is 0 Å². The molecule has 1 aliphatic heterocycles. The topological polar surface area (TPSA) is 106 Å².